The van der Waals surface area contributed by atoms with Crippen LogP contribution < -0.4 is 5.32 Å². The summed E-state index contributed by atoms with van der Waals surface area (Å²) in [6.07, 6.45) is 6.42. The van der Waals surface area contributed by atoms with E-state index >= 15 is 4.39 Å². The Bertz CT molecular complexity index is 1390. The Labute approximate surface area is 205 Å². The molecule has 1 aromatic carbocycles. The number of rotatable bonds is 4. The van der Waals surface area contributed by atoms with E-state index in [4.69, 9.17) is 4.74 Å². The number of hydrogen-bond acceptors (Lipinski definition) is 7. The zero-order valence-corrected chi connectivity index (χ0v) is 20.2. The second-order valence-electron chi connectivity index (χ2n) is 9.63. The quantitative estimate of drug-likeness (QED) is 0.440. The van der Waals surface area contributed by atoms with Crippen molar-refractivity contribution >= 4 is 28.6 Å². The summed E-state index contributed by atoms with van der Waals surface area (Å²) in [6.45, 7) is 6.46. The van der Waals surface area contributed by atoms with Gasteiger partial charge in [-0.15, -0.1) is 0 Å². The maximum Gasteiger partial charge on any atom is 0.410 e. The average Bonchev–Trinajstić information content (AvgIpc) is 3.48. The van der Waals surface area contributed by atoms with Crippen LogP contribution in [0.25, 0.3) is 16.7 Å². The largest absolute Gasteiger partial charge is 0.444 e. The lowest BCUT2D eigenvalue weighted by atomic mass is 10.1. The molecule has 1 aliphatic heterocycles. The molecule has 0 saturated carbocycles. The fourth-order valence-electron chi connectivity index (χ4n) is 4.28. The van der Waals surface area contributed by atoms with Gasteiger partial charge in [0.25, 0.3) is 0 Å². The second kappa shape index (κ2) is 9.17. The minimum atomic E-state index is -0.565. The van der Waals surface area contributed by atoms with Gasteiger partial charge in [0, 0.05) is 31.4 Å². The number of benzene rings is 1. The Balaban J connectivity index is 1.36. The van der Waals surface area contributed by atoms with E-state index in [1.807, 2.05) is 20.8 Å². The molecule has 12 heteroatoms. The standard InChI is InChI=1S/C24H26F2N8O2/c1-24(2,3)36-23(35)32-8-6-15(7-9-32)33-11-18(26)20-21(28-13-29-22(20)33)31-19-5-4-16(10-17(19)25)34-14-27-12-30-34/h4-5,10-15H,6-9H2,1-3H3,(H,28,29,31). The first-order chi connectivity index (χ1) is 17.2. The van der Waals surface area contributed by atoms with Crippen molar-refractivity contribution in [3.05, 3.63) is 55.0 Å². The number of likely N-dealkylation sites (tertiary alicyclic amines) is 1. The van der Waals surface area contributed by atoms with Crippen molar-refractivity contribution in [1.82, 2.24) is 34.2 Å². The third kappa shape index (κ3) is 4.70. The molecule has 3 aromatic heterocycles. The minimum Gasteiger partial charge on any atom is -0.444 e. The lowest BCUT2D eigenvalue weighted by Crippen LogP contribution is -2.42. The third-order valence-electron chi connectivity index (χ3n) is 5.96. The van der Waals surface area contributed by atoms with E-state index in [0.29, 0.717) is 37.3 Å². The molecule has 188 valence electrons. The first kappa shape index (κ1) is 23.6. The van der Waals surface area contributed by atoms with Crippen molar-refractivity contribution < 1.29 is 18.3 Å². The van der Waals surface area contributed by atoms with Crippen molar-refractivity contribution in [1.29, 1.82) is 0 Å². The van der Waals surface area contributed by atoms with Crippen LogP contribution in [-0.4, -0.2) is 59.0 Å². The Morgan fingerprint density at radius 3 is 2.56 bits per heavy atom. The molecule has 36 heavy (non-hydrogen) atoms. The van der Waals surface area contributed by atoms with Gasteiger partial charge in [0.05, 0.1) is 16.8 Å². The summed E-state index contributed by atoms with van der Waals surface area (Å²) in [5.74, 6) is -0.902. The number of fused-ring (bicyclic) bond motifs is 1. The highest BCUT2D eigenvalue weighted by Gasteiger charge is 2.29. The maximum absolute atomic E-state index is 15.1. The summed E-state index contributed by atoms with van der Waals surface area (Å²) >= 11 is 0. The van der Waals surface area contributed by atoms with E-state index < -0.39 is 17.2 Å². The molecule has 1 aliphatic rings. The van der Waals surface area contributed by atoms with Crippen molar-refractivity contribution in [2.45, 2.75) is 45.3 Å². The van der Waals surface area contributed by atoms with E-state index in [2.05, 4.69) is 25.4 Å². The summed E-state index contributed by atoms with van der Waals surface area (Å²) in [5, 5.41) is 7.05. The summed E-state index contributed by atoms with van der Waals surface area (Å²) in [4.78, 5) is 26.4. The molecule has 0 unspecified atom stereocenters. The Hall–Kier alpha value is -4.09. The zero-order valence-electron chi connectivity index (χ0n) is 20.2. The number of amides is 1. The first-order valence-corrected chi connectivity index (χ1v) is 11.6. The van der Waals surface area contributed by atoms with Gasteiger partial charge in [-0.05, 0) is 45.7 Å². The molecule has 1 saturated heterocycles. The highest BCUT2D eigenvalue weighted by atomic mass is 19.1. The summed E-state index contributed by atoms with van der Waals surface area (Å²) in [7, 11) is 0. The van der Waals surface area contributed by atoms with Crippen LogP contribution in [0.5, 0.6) is 0 Å². The van der Waals surface area contributed by atoms with Gasteiger partial charge in [-0.1, -0.05) is 0 Å². The van der Waals surface area contributed by atoms with E-state index in [1.54, 1.807) is 15.5 Å². The predicted octanol–water partition coefficient (Wildman–Crippen LogP) is 4.61. The van der Waals surface area contributed by atoms with E-state index in [9.17, 15) is 9.18 Å². The molecule has 10 nitrogen and oxygen atoms in total. The zero-order chi connectivity index (χ0) is 25.4. The number of hydrogen-bond donors (Lipinski definition) is 1. The van der Waals surface area contributed by atoms with Crippen molar-refractivity contribution in [2.24, 2.45) is 0 Å². The molecular formula is C24H26F2N8O2. The second-order valence-corrected chi connectivity index (χ2v) is 9.63. The van der Waals surface area contributed by atoms with E-state index in [1.165, 1.54) is 42.0 Å². The average molecular weight is 497 g/mol. The number of ether oxygens (including phenoxy) is 1. The minimum absolute atomic E-state index is 0.0582. The molecule has 1 N–H and O–H groups in total. The molecule has 0 aliphatic carbocycles. The molecule has 0 radical (unpaired) electrons. The smallest absolute Gasteiger partial charge is 0.410 e. The van der Waals surface area contributed by atoms with Gasteiger partial charge < -0.3 is 19.5 Å². The van der Waals surface area contributed by atoms with Crippen LogP contribution in [-0.2, 0) is 4.74 Å². The van der Waals surface area contributed by atoms with Gasteiger partial charge >= 0.3 is 6.09 Å². The maximum atomic E-state index is 15.1. The number of carbonyl (C=O) groups is 1. The molecule has 4 aromatic rings. The molecule has 1 amide bonds. The molecule has 4 heterocycles. The van der Waals surface area contributed by atoms with Gasteiger partial charge in [-0.25, -0.2) is 33.2 Å². The Morgan fingerprint density at radius 1 is 1.11 bits per heavy atom. The fourth-order valence-corrected chi connectivity index (χ4v) is 4.28. The molecule has 0 atom stereocenters. The molecule has 0 bridgehead atoms. The summed E-state index contributed by atoms with van der Waals surface area (Å²) < 4.78 is 38.6. The number of nitrogens with zero attached hydrogens (tertiary/aromatic N) is 7. The topological polar surface area (TPSA) is 103 Å². The SMILES string of the molecule is CC(C)(C)OC(=O)N1CCC(n2cc(F)c3c(Nc4ccc(-n5cncn5)cc4F)ncnc32)CC1. The number of aromatic nitrogens is 6. The van der Waals surface area contributed by atoms with Gasteiger partial charge in [-0.3, -0.25) is 0 Å². The number of piperidine rings is 1. The molecular weight excluding hydrogens is 470 g/mol. The van der Waals surface area contributed by atoms with Crippen LogP contribution >= 0.6 is 0 Å². The molecule has 5 rings (SSSR count). The third-order valence-corrected chi connectivity index (χ3v) is 5.96. The predicted molar refractivity (Wildman–Crippen MR) is 128 cm³/mol. The number of carbonyl (C=O) groups excluding carboxylic acids is 1. The van der Waals surface area contributed by atoms with Crippen LogP contribution in [0.3, 0.4) is 0 Å². The molecule has 1 fully saturated rings. The summed E-state index contributed by atoms with van der Waals surface area (Å²) in [5.41, 5.74) is 0.472. The van der Waals surface area contributed by atoms with Crippen LogP contribution in [0.4, 0.5) is 25.1 Å². The van der Waals surface area contributed by atoms with Crippen molar-refractivity contribution in [3.63, 3.8) is 0 Å². The summed E-state index contributed by atoms with van der Waals surface area (Å²) in [6, 6.07) is 4.44. The van der Waals surface area contributed by atoms with Gasteiger partial charge in [0.1, 0.15) is 41.9 Å². The number of nitrogens with one attached hydrogen (secondary N) is 1. The number of halogens is 2. The lowest BCUT2D eigenvalue weighted by Gasteiger charge is -2.34. The van der Waals surface area contributed by atoms with Crippen LogP contribution in [0.1, 0.15) is 39.7 Å². The van der Waals surface area contributed by atoms with Crippen molar-refractivity contribution in [3.8, 4) is 5.69 Å². The van der Waals surface area contributed by atoms with E-state index in [-0.39, 0.29) is 29.0 Å². The normalized spacial score (nSPS) is 14.9. The Morgan fingerprint density at radius 2 is 1.89 bits per heavy atom. The van der Waals surface area contributed by atoms with Crippen LogP contribution in [0.2, 0.25) is 0 Å². The van der Waals surface area contributed by atoms with Gasteiger partial charge in [0.15, 0.2) is 5.82 Å². The Kier molecular flexibility index (Phi) is 6.02. The first-order valence-electron chi connectivity index (χ1n) is 11.6. The lowest BCUT2D eigenvalue weighted by molar-refractivity contribution is 0.0189. The fraction of sp³-hybridized carbons (Fsp3) is 0.375. The van der Waals surface area contributed by atoms with E-state index in [0.717, 1.165) is 0 Å². The molecule has 0 spiro atoms. The number of anilines is 2. The van der Waals surface area contributed by atoms with Gasteiger partial charge in [-0.2, -0.15) is 5.10 Å². The van der Waals surface area contributed by atoms with Crippen molar-refractivity contribution in [2.75, 3.05) is 18.4 Å². The van der Waals surface area contributed by atoms with Gasteiger partial charge in [0.2, 0.25) is 0 Å². The van der Waals surface area contributed by atoms with Crippen LogP contribution in [0, 0.1) is 11.6 Å². The van der Waals surface area contributed by atoms with Crippen LogP contribution in [0.15, 0.2) is 43.4 Å². The highest BCUT2D eigenvalue weighted by molar-refractivity contribution is 5.90. The highest BCUT2D eigenvalue weighted by Crippen LogP contribution is 2.33. The monoisotopic (exact) mass is 496 g/mol.